The number of benzene rings is 1. The van der Waals surface area contributed by atoms with Crippen molar-refractivity contribution in [1.29, 1.82) is 0 Å². The fourth-order valence-electron chi connectivity index (χ4n) is 2.16. The normalized spacial score (nSPS) is 12.2. The molecule has 102 valence electrons. The van der Waals surface area contributed by atoms with E-state index in [9.17, 15) is 0 Å². The zero-order chi connectivity index (χ0) is 13.8. The minimum Gasteiger partial charge on any atom is -0.493 e. The van der Waals surface area contributed by atoms with E-state index < -0.39 is 0 Å². The summed E-state index contributed by atoms with van der Waals surface area (Å²) in [6, 6.07) is 5.74. The molecular weight excluding hydrogens is 244 g/mol. The molecule has 1 aromatic heterocycles. The highest BCUT2D eigenvalue weighted by molar-refractivity contribution is 5.49. The van der Waals surface area contributed by atoms with Gasteiger partial charge in [-0.05, 0) is 13.1 Å². The van der Waals surface area contributed by atoms with Gasteiger partial charge in [0, 0.05) is 12.6 Å². The van der Waals surface area contributed by atoms with Crippen molar-refractivity contribution in [3.8, 4) is 11.5 Å². The lowest BCUT2D eigenvalue weighted by molar-refractivity contribution is 0.349. The van der Waals surface area contributed by atoms with E-state index in [1.54, 1.807) is 25.1 Å². The lowest BCUT2D eigenvalue weighted by atomic mass is 10.0. The van der Waals surface area contributed by atoms with E-state index >= 15 is 0 Å². The number of hydrogen-bond donors (Lipinski definition) is 1. The summed E-state index contributed by atoms with van der Waals surface area (Å²) in [6.45, 7) is 0. The van der Waals surface area contributed by atoms with Crippen molar-refractivity contribution in [2.24, 2.45) is 7.05 Å². The van der Waals surface area contributed by atoms with Gasteiger partial charge in [0.25, 0.3) is 0 Å². The van der Waals surface area contributed by atoms with Gasteiger partial charge in [0.2, 0.25) is 0 Å². The average Bonchev–Trinajstić information content (AvgIpc) is 2.85. The first-order valence-corrected chi connectivity index (χ1v) is 5.95. The van der Waals surface area contributed by atoms with Crippen LogP contribution in [0, 0.1) is 0 Å². The van der Waals surface area contributed by atoms with Crippen LogP contribution in [0.3, 0.4) is 0 Å². The minimum absolute atomic E-state index is 0.0648. The number of ether oxygens (including phenoxy) is 2. The molecule has 1 unspecified atom stereocenters. The van der Waals surface area contributed by atoms with Crippen LogP contribution in [-0.2, 0) is 7.05 Å². The van der Waals surface area contributed by atoms with E-state index in [4.69, 9.17) is 9.47 Å². The fraction of sp³-hybridized carbons (Fsp3) is 0.385. The second kappa shape index (κ2) is 5.71. The third-order valence-corrected chi connectivity index (χ3v) is 3.08. The molecule has 0 radical (unpaired) electrons. The molecule has 0 spiro atoms. The molecule has 1 N–H and O–H groups in total. The summed E-state index contributed by atoms with van der Waals surface area (Å²) in [7, 11) is 7.01. The predicted molar refractivity (Wildman–Crippen MR) is 71.5 cm³/mol. The van der Waals surface area contributed by atoms with Crippen molar-refractivity contribution < 1.29 is 9.47 Å². The van der Waals surface area contributed by atoms with Crippen molar-refractivity contribution >= 4 is 0 Å². The number of rotatable bonds is 5. The third kappa shape index (κ3) is 2.39. The monoisotopic (exact) mass is 262 g/mol. The summed E-state index contributed by atoms with van der Waals surface area (Å²) < 4.78 is 12.5. The standard InChI is InChI=1S/C13H18N4O2/c1-14-12(10-8-15-16-17(10)2)9-6-5-7-11(18-3)13(9)19-4/h5-8,12,14H,1-4H3. The van der Waals surface area contributed by atoms with Crippen LogP contribution in [0.15, 0.2) is 24.4 Å². The van der Waals surface area contributed by atoms with Crippen LogP contribution < -0.4 is 14.8 Å². The number of nitrogens with zero attached hydrogens (tertiary/aromatic N) is 3. The smallest absolute Gasteiger partial charge is 0.165 e. The first kappa shape index (κ1) is 13.4. The maximum absolute atomic E-state index is 5.47. The summed E-state index contributed by atoms with van der Waals surface area (Å²) in [5.41, 5.74) is 1.93. The number of para-hydroxylation sites is 1. The summed E-state index contributed by atoms with van der Waals surface area (Å²) in [4.78, 5) is 0. The Bertz CT molecular complexity index is 553. The van der Waals surface area contributed by atoms with Crippen LogP contribution in [0.25, 0.3) is 0 Å². The van der Waals surface area contributed by atoms with Crippen molar-refractivity contribution in [3.63, 3.8) is 0 Å². The molecule has 1 aromatic carbocycles. The van der Waals surface area contributed by atoms with Gasteiger partial charge in [-0.1, -0.05) is 17.3 Å². The Balaban J connectivity index is 2.53. The predicted octanol–water partition coefficient (Wildman–Crippen LogP) is 1.14. The quantitative estimate of drug-likeness (QED) is 0.875. The molecule has 0 amide bonds. The Kier molecular flexibility index (Phi) is 4.01. The van der Waals surface area contributed by atoms with Crippen LogP contribution >= 0.6 is 0 Å². The van der Waals surface area contributed by atoms with Crippen molar-refractivity contribution in [3.05, 3.63) is 35.7 Å². The van der Waals surface area contributed by atoms with Gasteiger partial charge in [-0.2, -0.15) is 0 Å². The summed E-state index contributed by atoms with van der Waals surface area (Å²) in [5, 5.41) is 11.1. The molecule has 6 nitrogen and oxygen atoms in total. The van der Waals surface area contributed by atoms with Gasteiger partial charge in [0.15, 0.2) is 11.5 Å². The van der Waals surface area contributed by atoms with Crippen LogP contribution in [0.2, 0.25) is 0 Å². The van der Waals surface area contributed by atoms with Crippen LogP contribution in [-0.4, -0.2) is 36.3 Å². The zero-order valence-corrected chi connectivity index (χ0v) is 11.5. The number of nitrogens with one attached hydrogen (secondary N) is 1. The molecule has 0 aliphatic rings. The topological polar surface area (TPSA) is 61.2 Å². The molecule has 6 heteroatoms. The molecule has 0 fully saturated rings. The lowest BCUT2D eigenvalue weighted by Gasteiger charge is -2.20. The van der Waals surface area contributed by atoms with E-state index in [-0.39, 0.29) is 6.04 Å². The Morgan fingerprint density at radius 2 is 2.05 bits per heavy atom. The number of hydrogen-bond acceptors (Lipinski definition) is 5. The molecule has 19 heavy (non-hydrogen) atoms. The van der Waals surface area contributed by atoms with Crippen LogP contribution in [0.1, 0.15) is 17.3 Å². The summed E-state index contributed by atoms with van der Waals surface area (Å²) in [5.74, 6) is 1.42. The maximum Gasteiger partial charge on any atom is 0.165 e. The molecule has 1 heterocycles. The fourth-order valence-corrected chi connectivity index (χ4v) is 2.16. The van der Waals surface area contributed by atoms with Gasteiger partial charge in [-0.3, -0.25) is 4.68 Å². The van der Waals surface area contributed by atoms with Gasteiger partial charge in [-0.15, -0.1) is 5.10 Å². The molecule has 0 saturated carbocycles. The first-order valence-electron chi connectivity index (χ1n) is 5.95. The third-order valence-electron chi connectivity index (χ3n) is 3.08. The number of aryl methyl sites for hydroxylation is 1. The molecule has 2 aromatic rings. The highest BCUT2D eigenvalue weighted by atomic mass is 16.5. The Labute approximate surface area is 112 Å². The molecule has 0 bridgehead atoms. The van der Waals surface area contributed by atoms with Crippen molar-refractivity contribution in [2.45, 2.75) is 6.04 Å². The molecule has 0 aliphatic heterocycles. The van der Waals surface area contributed by atoms with E-state index in [1.165, 1.54) is 0 Å². The Hall–Kier alpha value is -2.08. The first-order chi connectivity index (χ1) is 9.22. The van der Waals surface area contributed by atoms with Crippen LogP contribution in [0.5, 0.6) is 11.5 Å². The Morgan fingerprint density at radius 3 is 2.58 bits per heavy atom. The second-order valence-corrected chi connectivity index (χ2v) is 4.09. The van der Waals surface area contributed by atoms with E-state index in [1.807, 2.05) is 32.3 Å². The largest absolute Gasteiger partial charge is 0.493 e. The van der Waals surface area contributed by atoms with Gasteiger partial charge < -0.3 is 14.8 Å². The highest BCUT2D eigenvalue weighted by Crippen LogP contribution is 2.36. The maximum atomic E-state index is 5.47. The minimum atomic E-state index is -0.0648. The molecule has 1 atom stereocenters. The Morgan fingerprint density at radius 1 is 1.26 bits per heavy atom. The van der Waals surface area contributed by atoms with Crippen molar-refractivity contribution in [2.75, 3.05) is 21.3 Å². The SMILES string of the molecule is CNC(c1cccc(OC)c1OC)c1cnnn1C. The van der Waals surface area contributed by atoms with Crippen molar-refractivity contribution in [1.82, 2.24) is 20.3 Å². The van der Waals surface area contributed by atoms with Crippen LogP contribution in [0.4, 0.5) is 0 Å². The average molecular weight is 262 g/mol. The van der Waals surface area contributed by atoms with Gasteiger partial charge >= 0.3 is 0 Å². The van der Waals surface area contributed by atoms with E-state index in [0.717, 1.165) is 11.3 Å². The zero-order valence-electron chi connectivity index (χ0n) is 11.5. The molecular formula is C13H18N4O2. The van der Waals surface area contributed by atoms with E-state index in [2.05, 4.69) is 15.6 Å². The highest BCUT2D eigenvalue weighted by Gasteiger charge is 2.22. The molecule has 0 aliphatic carbocycles. The van der Waals surface area contributed by atoms with Gasteiger partial charge in [0.1, 0.15) is 0 Å². The molecule has 0 saturated heterocycles. The summed E-state index contributed by atoms with van der Waals surface area (Å²) >= 11 is 0. The number of aromatic nitrogens is 3. The van der Waals surface area contributed by atoms with Gasteiger partial charge in [0.05, 0.1) is 32.2 Å². The lowest BCUT2D eigenvalue weighted by Crippen LogP contribution is -2.21. The second-order valence-electron chi connectivity index (χ2n) is 4.09. The number of methoxy groups -OCH3 is 2. The summed E-state index contributed by atoms with van der Waals surface area (Å²) in [6.07, 6.45) is 1.74. The molecule has 2 rings (SSSR count). The van der Waals surface area contributed by atoms with E-state index in [0.29, 0.717) is 11.5 Å². The van der Waals surface area contributed by atoms with Gasteiger partial charge in [-0.25, -0.2) is 0 Å².